The van der Waals surface area contributed by atoms with E-state index < -0.39 is 0 Å². The molecule has 1 aliphatic rings. The summed E-state index contributed by atoms with van der Waals surface area (Å²) < 4.78 is 15.0. The maximum absolute atomic E-state index is 12.9. The fraction of sp³-hybridized carbons (Fsp3) is 0.357. The van der Waals surface area contributed by atoms with E-state index in [1.807, 2.05) is 6.20 Å². The summed E-state index contributed by atoms with van der Waals surface area (Å²) in [5.74, 6) is 0.840. The summed E-state index contributed by atoms with van der Waals surface area (Å²) in [6.07, 6.45) is 4.04. The standard InChI is InChI=1S/C14H15FN2O/c15-12-5-3-10(4-6-12)13-8-17-7-1-2-11(9-18)14(17)16-13/h3-6,8,11,18H,1-2,7,9H2. The number of rotatable bonds is 2. The van der Waals surface area contributed by atoms with Crippen LogP contribution in [0.2, 0.25) is 0 Å². The molecule has 2 heterocycles. The second-order valence-electron chi connectivity index (χ2n) is 4.71. The molecule has 1 aromatic carbocycles. The van der Waals surface area contributed by atoms with Crippen molar-refractivity contribution in [2.75, 3.05) is 6.61 Å². The zero-order valence-corrected chi connectivity index (χ0v) is 10.0. The highest BCUT2D eigenvalue weighted by molar-refractivity contribution is 5.58. The molecule has 0 spiro atoms. The Balaban J connectivity index is 1.99. The van der Waals surface area contributed by atoms with Gasteiger partial charge in [0.05, 0.1) is 12.3 Å². The molecule has 3 rings (SSSR count). The molecule has 0 amide bonds. The average molecular weight is 246 g/mol. The van der Waals surface area contributed by atoms with Gasteiger partial charge in [-0.2, -0.15) is 0 Å². The minimum Gasteiger partial charge on any atom is -0.396 e. The van der Waals surface area contributed by atoms with Crippen molar-refractivity contribution in [3.8, 4) is 11.3 Å². The number of nitrogens with zero attached hydrogens (tertiary/aromatic N) is 2. The lowest BCUT2D eigenvalue weighted by molar-refractivity contribution is 0.238. The molecule has 0 saturated carbocycles. The Hall–Kier alpha value is -1.68. The van der Waals surface area contributed by atoms with E-state index >= 15 is 0 Å². The summed E-state index contributed by atoms with van der Waals surface area (Å²) >= 11 is 0. The van der Waals surface area contributed by atoms with Gasteiger partial charge in [0.1, 0.15) is 11.6 Å². The molecule has 2 aromatic rings. The van der Waals surface area contributed by atoms with Crippen LogP contribution in [0, 0.1) is 5.82 Å². The summed E-state index contributed by atoms with van der Waals surface area (Å²) in [6.45, 7) is 1.08. The third-order valence-corrected chi connectivity index (χ3v) is 3.48. The van der Waals surface area contributed by atoms with Crippen molar-refractivity contribution in [3.05, 3.63) is 42.1 Å². The van der Waals surface area contributed by atoms with Gasteiger partial charge in [-0.1, -0.05) is 0 Å². The van der Waals surface area contributed by atoms with Gasteiger partial charge in [-0.25, -0.2) is 9.37 Å². The van der Waals surface area contributed by atoms with Crippen LogP contribution in [0.5, 0.6) is 0 Å². The Bertz CT molecular complexity index is 547. The van der Waals surface area contributed by atoms with Gasteiger partial charge >= 0.3 is 0 Å². The molecule has 1 unspecified atom stereocenters. The molecule has 0 aliphatic carbocycles. The van der Waals surface area contributed by atoms with Crippen molar-refractivity contribution in [3.63, 3.8) is 0 Å². The Kier molecular flexibility index (Phi) is 2.88. The second kappa shape index (κ2) is 4.53. The second-order valence-corrected chi connectivity index (χ2v) is 4.71. The molecule has 0 radical (unpaired) electrons. The number of hydrogen-bond donors (Lipinski definition) is 1. The predicted molar refractivity (Wildman–Crippen MR) is 66.7 cm³/mol. The molecule has 1 aromatic heterocycles. The lowest BCUT2D eigenvalue weighted by Gasteiger charge is -2.21. The minimum atomic E-state index is -0.240. The van der Waals surface area contributed by atoms with Crippen LogP contribution in [0.4, 0.5) is 4.39 Å². The van der Waals surface area contributed by atoms with Crippen LogP contribution in [0.1, 0.15) is 24.6 Å². The van der Waals surface area contributed by atoms with Crippen molar-refractivity contribution in [2.45, 2.75) is 25.3 Å². The summed E-state index contributed by atoms with van der Waals surface area (Å²) in [4.78, 5) is 4.58. The Labute approximate surface area is 105 Å². The molecule has 0 bridgehead atoms. The van der Waals surface area contributed by atoms with Crippen LogP contribution in [0.3, 0.4) is 0 Å². The molecule has 18 heavy (non-hydrogen) atoms. The fourth-order valence-electron chi connectivity index (χ4n) is 2.50. The molecule has 0 fully saturated rings. The largest absolute Gasteiger partial charge is 0.396 e. The number of fused-ring (bicyclic) bond motifs is 1. The quantitative estimate of drug-likeness (QED) is 0.884. The van der Waals surface area contributed by atoms with Crippen LogP contribution in [0.15, 0.2) is 30.5 Å². The highest BCUT2D eigenvalue weighted by Crippen LogP contribution is 2.29. The van der Waals surface area contributed by atoms with E-state index in [1.165, 1.54) is 12.1 Å². The Morgan fingerprint density at radius 2 is 2.11 bits per heavy atom. The van der Waals surface area contributed by atoms with Gasteiger partial charge in [0, 0.05) is 24.2 Å². The number of imidazole rings is 1. The van der Waals surface area contributed by atoms with Gasteiger partial charge < -0.3 is 9.67 Å². The van der Waals surface area contributed by atoms with Crippen LogP contribution < -0.4 is 0 Å². The van der Waals surface area contributed by atoms with Crippen LogP contribution in [-0.4, -0.2) is 21.3 Å². The zero-order chi connectivity index (χ0) is 12.5. The molecule has 1 N–H and O–H groups in total. The number of hydrogen-bond acceptors (Lipinski definition) is 2. The van der Waals surface area contributed by atoms with E-state index in [9.17, 15) is 9.50 Å². The predicted octanol–water partition coefficient (Wildman–Crippen LogP) is 2.56. The number of aliphatic hydroxyl groups is 1. The van der Waals surface area contributed by atoms with E-state index in [1.54, 1.807) is 12.1 Å². The van der Waals surface area contributed by atoms with Gasteiger partial charge in [0.2, 0.25) is 0 Å². The van der Waals surface area contributed by atoms with Gasteiger partial charge in [-0.15, -0.1) is 0 Å². The highest BCUT2D eigenvalue weighted by Gasteiger charge is 2.22. The van der Waals surface area contributed by atoms with E-state index in [4.69, 9.17) is 0 Å². The lowest BCUT2D eigenvalue weighted by Crippen LogP contribution is -2.18. The maximum atomic E-state index is 12.9. The SMILES string of the molecule is OCC1CCCn2cc(-c3ccc(F)cc3)nc21. The van der Waals surface area contributed by atoms with Crippen molar-refractivity contribution in [1.82, 2.24) is 9.55 Å². The molecule has 94 valence electrons. The first-order valence-corrected chi connectivity index (χ1v) is 6.22. The van der Waals surface area contributed by atoms with Crippen molar-refractivity contribution in [2.24, 2.45) is 0 Å². The van der Waals surface area contributed by atoms with Crippen molar-refractivity contribution in [1.29, 1.82) is 0 Å². The Morgan fingerprint density at radius 1 is 1.33 bits per heavy atom. The number of aromatic nitrogens is 2. The van der Waals surface area contributed by atoms with Gasteiger partial charge in [0.25, 0.3) is 0 Å². The molecule has 1 aliphatic heterocycles. The topological polar surface area (TPSA) is 38.0 Å². The molecule has 3 nitrogen and oxygen atoms in total. The molecular weight excluding hydrogens is 231 g/mol. The highest BCUT2D eigenvalue weighted by atomic mass is 19.1. The number of benzene rings is 1. The number of halogens is 1. The molecule has 1 atom stereocenters. The van der Waals surface area contributed by atoms with Crippen molar-refractivity contribution >= 4 is 0 Å². The normalized spacial score (nSPS) is 18.7. The summed E-state index contributed by atoms with van der Waals surface area (Å²) in [6, 6.07) is 6.35. The smallest absolute Gasteiger partial charge is 0.123 e. The van der Waals surface area contributed by atoms with Crippen LogP contribution in [0.25, 0.3) is 11.3 Å². The van der Waals surface area contributed by atoms with Gasteiger partial charge in [-0.3, -0.25) is 0 Å². The maximum Gasteiger partial charge on any atom is 0.123 e. The average Bonchev–Trinajstić information content (AvgIpc) is 2.83. The lowest BCUT2D eigenvalue weighted by atomic mass is 10.0. The first-order valence-electron chi connectivity index (χ1n) is 6.22. The fourth-order valence-corrected chi connectivity index (χ4v) is 2.50. The first kappa shape index (κ1) is 11.4. The molecule has 0 saturated heterocycles. The third-order valence-electron chi connectivity index (χ3n) is 3.48. The first-order chi connectivity index (χ1) is 8.78. The van der Waals surface area contributed by atoms with E-state index in [0.717, 1.165) is 36.5 Å². The molecular formula is C14H15FN2O. The van der Waals surface area contributed by atoms with Crippen LogP contribution in [-0.2, 0) is 6.54 Å². The van der Waals surface area contributed by atoms with Crippen molar-refractivity contribution < 1.29 is 9.50 Å². The Morgan fingerprint density at radius 3 is 2.83 bits per heavy atom. The third kappa shape index (κ3) is 1.93. The number of aliphatic hydroxyl groups excluding tert-OH is 1. The van der Waals surface area contributed by atoms with Gasteiger partial charge in [0.15, 0.2) is 0 Å². The number of aryl methyl sites for hydroxylation is 1. The summed E-state index contributed by atoms with van der Waals surface area (Å²) in [5.41, 5.74) is 1.76. The monoisotopic (exact) mass is 246 g/mol. The molecule has 4 heteroatoms. The van der Waals surface area contributed by atoms with E-state index in [2.05, 4.69) is 9.55 Å². The zero-order valence-electron chi connectivity index (χ0n) is 10.0. The summed E-state index contributed by atoms with van der Waals surface area (Å²) in [7, 11) is 0. The summed E-state index contributed by atoms with van der Waals surface area (Å²) in [5, 5.41) is 9.35. The van der Waals surface area contributed by atoms with Crippen LogP contribution >= 0.6 is 0 Å². The van der Waals surface area contributed by atoms with Gasteiger partial charge in [-0.05, 0) is 37.1 Å². The van der Waals surface area contributed by atoms with E-state index in [-0.39, 0.29) is 18.3 Å². The van der Waals surface area contributed by atoms with E-state index in [0.29, 0.717) is 0 Å². The minimum absolute atomic E-state index is 0.132.